The van der Waals surface area contributed by atoms with Crippen LogP contribution in [0.15, 0.2) is 130 Å². The van der Waals surface area contributed by atoms with E-state index in [2.05, 4.69) is 45.9 Å². The maximum atomic E-state index is 16.1. The number of halogens is 1. The average Bonchev–Trinajstić information content (AvgIpc) is 3.54. The minimum Gasteiger partial charge on any atom is -0.382 e. The van der Waals surface area contributed by atoms with Crippen LogP contribution in [0.2, 0.25) is 0 Å². The summed E-state index contributed by atoms with van der Waals surface area (Å²) in [5, 5.41) is 12.4. The molecule has 5 nitrogen and oxygen atoms in total. The standard InChI is InChI=1S/C37H34FN5/c38-33-19-11-10-18-31(33)37(28-14-6-2-7-15-28,29-16-8-3-9-17-29)32-20-27-22-42-43-34(27)21-35(32)40-23-30-24-41-36(25-39-30)26-12-4-1-5-13-26/h2-3,6-11,14-20,22,24-26,40H,1,4-5,12-13,21,23H2. The van der Waals surface area contributed by atoms with E-state index in [0.717, 1.165) is 45.1 Å². The van der Waals surface area contributed by atoms with Gasteiger partial charge in [-0.1, -0.05) is 98.1 Å². The van der Waals surface area contributed by atoms with Crippen molar-refractivity contribution in [3.63, 3.8) is 0 Å². The molecular formula is C37H34FN5. The second-order valence-electron chi connectivity index (χ2n) is 11.5. The van der Waals surface area contributed by atoms with Crippen LogP contribution in [0.25, 0.3) is 0 Å². The number of nitrogens with one attached hydrogen (secondary N) is 1. The van der Waals surface area contributed by atoms with Gasteiger partial charge in [0.1, 0.15) is 5.82 Å². The summed E-state index contributed by atoms with van der Waals surface area (Å²) in [6, 6.07) is 27.5. The normalized spacial score (nSPS) is 17.0. The van der Waals surface area contributed by atoms with Crippen LogP contribution in [0.1, 0.15) is 72.5 Å². The first-order valence-electron chi connectivity index (χ1n) is 15.2. The van der Waals surface area contributed by atoms with E-state index in [1.54, 1.807) is 18.3 Å². The van der Waals surface area contributed by atoms with E-state index in [9.17, 15) is 0 Å². The Balaban J connectivity index is 1.37. The van der Waals surface area contributed by atoms with Crippen molar-refractivity contribution >= 4 is 11.9 Å². The molecule has 1 N–H and O–H groups in total. The molecule has 1 aromatic heterocycles. The smallest absolute Gasteiger partial charge is 0.127 e. The first kappa shape index (κ1) is 27.1. The van der Waals surface area contributed by atoms with Gasteiger partial charge >= 0.3 is 0 Å². The fourth-order valence-corrected chi connectivity index (χ4v) is 6.89. The predicted octanol–water partition coefficient (Wildman–Crippen LogP) is 7.81. The van der Waals surface area contributed by atoms with E-state index in [-0.39, 0.29) is 5.82 Å². The van der Waals surface area contributed by atoms with Crippen LogP contribution in [-0.4, -0.2) is 21.9 Å². The molecule has 3 aromatic carbocycles. The van der Waals surface area contributed by atoms with Crippen molar-refractivity contribution < 1.29 is 4.39 Å². The molecule has 0 saturated heterocycles. The fraction of sp³-hybridized carbons (Fsp3) is 0.243. The first-order chi connectivity index (χ1) is 21.2. The van der Waals surface area contributed by atoms with Gasteiger partial charge < -0.3 is 5.32 Å². The Morgan fingerprint density at radius 2 is 1.49 bits per heavy atom. The summed E-state index contributed by atoms with van der Waals surface area (Å²) in [6.45, 7) is 0.491. The number of aromatic nitrogens is 2. The molecule has 0 radical (unpaired) electrons. The van der Waals surface area contributed by atoms with Gasteiger partial charge in [0.15, 0.2) is 0 Å². The minimum absolute atomic E-state index is 0.260. The lowest BCUT2D eigenvalue weighted by atomic mass is 9.62. The minimum atomic E-state index is -0.943. The molecule has 0 spiro atoms. The molecule has 3 aliphatic rings. The number of nitrogens with zero attached hydrogens (tertiary/aromatic N) is 4. The molecule has 0 amide bonds. The van der Waals surface area contributed by atoms with Gasteiger partial charge in [-0.15, -0.1) is 0 Å². The molecule has 4 aromatic rings. The zero-order chi connectivity index (χ0) is 29.1. The van der Waals surface area contributed by atoms with Crippen molar-refractivity contribution in [2.75, 3.05) is 0 Å². The van der Waals surface area contributed by atoms with E-state index in [4.69, 9.17) is 9.97 Å². The van der Waals surface area contributed by atoms with E-state index in [0.29, 0.717) is 24.4 Å². The largest absolute Gasteiger partial charge is 0.382 e. The van der Waals surface area contributed by atoms with Gasteiger partial charge in [0.2, 0.25) is 0 Å². The van der Waals surface area contributed by atoms with Gasteiger partial charge in [-0.25, -0.2) is 4.39 Å². The van der Waals surface area contributed by atoms with E-state index < -0.39 is 5.41 Å². The van der Waals surface area contributed by atoms with Crippen molar-refractivity contribution in [1.82, 2.24) is 15.3 Å². The lowest BCUT2D eigenvalue weighted by Crippen LogP contribution is -2.37. The highest BCUT2D eigenvalue weighted by molar-refractivity contribution is 6.20. The third-order valence-corrected chi connectivity index (χ3v) is 9.00. The number of hydrogen-bond donors (Lipinski definition) is 1. The maximum absolute atomic E-state index is 16.1. The molecular weight excluding hydrogens is 533 g/mol. The number of rotatable bonds is 8. The molecule has 6 heteroatoms. The van der Waals surface area contributed by atoms with Crippen LogP contribution in [-0.2, 0) is 12.0 Å². The molecule has 0 unspecified atom stereocenters. The van der Waals surface area contributed by atoms with Crippen molar-refractivity contribution in [2.24, 2.45) is 10.2 Å². The Hall–Kier alpha value is -4.71. The summed E-state index contributed by atoms with van der Waals surface area (Å²) in [4.78, 5) is 9.62. The second kappa shape index (κ2) is 11.9. The van der Waals surface area contributed by atoms with Gasteiger partial charge in [0, 0.05) is 35.4 Å². The summed E-state index contributed by atoms with van der Waals surface area (Å²) >= 11 is 0. The lowest BCUT2D eigenvalue weighted by Gasteiger charge is -2.40. The summed E-state index contributed by atoms with van der Waals surface area (Å²) in [6.07, 6.45) is 14.6. The predicted molar refractivity (Wildman–Crippen MR) is 170 cm³/mol. The lowest BCUT2D eigenvalue weighted by molar-refractivity contribution is 0.435. The molecule has 0 atom stereocenters. The molecule has 1 fully saturated rings. The van der Waals surface area contributed by atoms with E-state index in [1.165, 1.54) is 32.1 Å². The van der Waals surface area contributed by atoms with Crippen molar-refractivity contribution in [3.05, 3.63) is 154 Å². The highest BCUT2D eigenvalue weighted by Gasteiger charge is 2.44. The fourth-order valence-electron chi connectivity index (χ4n) is 6.89. The van der Waals surface area contributed by atoms with Gasteiger partial charge in [-0.3, -0.25) is 9.97 Å². The molecule has 43 heavy (non-hydrogen) atoms. The van der Waals surface area contributed by atoms with Crippen LogP contribution in [0.5, 0.6) is 0 Å². The molecule has 2 aliphatic carbocycles. The Morgan fingerprint density at radius 1 is 0.791 bits per heavy atom. The zero-order valence-electron chi connectivity index (χ0n) is 24.1. The molecule has 7 rings (SSSR count). The van der Waals surface area contributed by atoms with Crippen LogP contribution >= 0.6 is 0 Å². The highest BCUT2D eigenvalue weighted by atomic mass is 19.1. The highest BCUT2D eigenvalue weighted by Crippen LogP contribution is 2.49. The summed E-state index contributed by atoms with van der Waals surface area (Å²) < 4.78 is 16.1. The molecule has 1 aliphatic heterocycles. The molecule has 1 saturated carbocycles. The van der Waals surface area contributed by atoms with Gasteiger partial charge in [0.05, 0.1) is 41.5 Å². The second-order valence-corrected chi connectivity index (χ2v) is 11.5. The van der Waals surface area contributed by atoms with Crippen LogP contribution < -0.4 is 5.32 Å². The number of benzene rings is 3. The van der Waals surface area contributed by atoms with Gasteiger partial charge in [-0.2, -0.15) is 10.2 Å². The van der Waals surface area contributed by atoms with Crippen LogP contribution in [0.4, 0.5) is 4.39 Å². The van der Waals surface area contributed by atoms with Gasteiger partial charge in [0.25, 0.3) is 0 Å². The topological polar surface area (TPSA) is 62.5 Å². The van der Waals surface area contributed by atoms with Crippen molar-refractivity contribution in [2.45, 2.75) is 56.4 Å². The monoisotopic (exact) mass is 567 g/mol. The zero-order valence-corrected chi connectivity index (χ0v) is 24.1. The van der Waals surface area contributed by atoms with Crippen molar-refractivity contribution in [1.29, 1.82) is 0 Å². The average molecular weight is 568 g/mol. The number of allylic oxidation sites excluding steroid dienone is 4. The Morgan fingerprint density at radius 3 is 2.16 bits per heavy atom. The number of hydrogen-bond acceptors (Lipinski definition) is 5. The van der Waals surface area contributed by atoms with Gasteiger partial charge in [-0.05, 0) is 41.7 Å². The molecule has 0 bridgehead atoms. The Kier molecular flexibility index (Phi) is 7.50. The van der Waals surface area contributed by atoms with E-state index in [1.807, 2.05) is 60.9 Å². The summed E-state index contributed by atoms with van der Waals surface area (Å²) in [5.41, 5.74) is 7.32. The van der Waals surface area contributed by atoms with Crippen LogP contribution in [0, 0.1) is 5.82 Å². The van der Waals surface area contributed by atoms with Crippen LogP contribution in [0.3, 0.4) is 0 Å². The van der Waals surface area contributed by atoms with E-state index >= 15 is 4.39 Å². The SMILES string of the molecule is Fc1ccccc1C(C1=C(NCc2cnc(C3CCCCC3)cn2)CC2=NN=CC2=C1)(c1ccccc1)c1ccccc1. The third kappa shape index (κ3) is 5.11. The Labute approximate surface area is 252 Å². The number of fused-ring (bicyclic) bond motifs is 1. The Bertz CT molecular complexity index is 1680. The summed E-state index contributed by atoms with van der Waals surface area (Å²) in [7, 11) is 0. The maximum Gasteiger partial charge on any atom is 0.127 e. The molecule has 214 valence electrons. The third-order valence-electron chi connectivity index (χ3n) is 9.00. The first-order valence-corrected chi connectivity index (χ1v) is 15.2. The quantitative estimate of drug-likeness (QED) is 0.221. The molecule has 2 heterocycles. The summed E-state index contributed by atoms with van der Waals surface area (Å²) in [5.74, 6) is 0.252. The van der Waals surface area contributed by atoms with Crippen molar-refractivity contribution in [3.8, 4) is 0 Å².